The first-order valence-electron chi connectivity index (χ1n) is 7.90. The Balaban J connectivity index is 1.66. The Labute approximate surface area is 158 Å². The van der Waals surface area contributed by atoms with Crippen molar-refractivity contribution in [3.63, 3.8) is 0 Å². The van der Waals surface area contributed by atoms with E-state index in [-0.39, 0.29) is 12.5 Å². The van der Waals surface area contributed by atoms with E-state index in [4.69, 9.17) is 4.52 Å². The molecule has 0 saturated carbocycles. The molecule has 3 aromatic rings. The van der Waals surface area contributed by atoms with Gasteiger partial charge in [-0.15, -0.1) is 0 Å². The van der Waals surface area contributed by atoms with E-state index in [1.165, 1.54) is 0 Å². The van der Waals surface area contributed by atoms with Crippen molar-refractivity contribution < 1.29 is 14.1 Å². The summed E-state index contributed by atoms with van der Waals surface area (Å²) in [7, 11) is 0. The molecule has 0 unspecified atom stereocenters. The van der Waals surface area contributed by atoms with Gasteiger partial charge in [0.15, 0.2) is 0 Å². The summed E-state index contributed by atoms with van der Waals surface area (Å²) in [4.78, 5) is 24.6. The van der Waals surface area contributed by atoms with Crippen LogP contribution in [0.2, 0.25) is 0 Å². The van der Waals surface area contributed by atoms with Crippen molar-refractivity contribution in [3.8, 4) is 11.3 Å². The second-order valence-corrected chi connectivity index (χ2v) is 6.48. The summed E-state index contributed by atoms with van der Waals surface area (Å²) in [5, 5.41) is 9.29. The van der Waals surface area contributed by atoms with Crippen LogP contribution in [0.15, 0.2) is 63.6 Å². The van der Waals surface area contributed by atoms with Crippen LogP contribution in [-0.4, -0.2) is 23.5 Å². The predicted molar refractivity (Wildman–Crippen MR) is 102 cm³/mol. The molecular weight excluding hydrogens is 398 g/mol. The predicted octanol–water partition coefficient (Wildman–Crippen LogP) is 3.78. The molecule has 0 radical (unpaired) electrons. The average Bonchev–Trinajstić information content (AvgIpc) is 3.04. The zero-order valence-corrected chi connectivity index (χ0v) is 15.5. The average molecular weight is 414 g/mol. The first kappa shape index (κ1) is 17.9. The van der Waals surface area contributed by atoms with Crippen molar-refractivity contribution in [3.05, 3.63) is 70.4 Å². The zero-order chi connectivity index (χ0) is 18.5. The zero-order valence-electron chi connectivity index (χ0n) is 14.0. The third kappa shape index (κ3) is 4.18. The fraction of sp³-hybridized carbons (Fsp3) is 0.105. The van der Waals surface area contributed by atoms with Crippen molar-refractivity contribution in [1.82, 2.24) is 10.5 Å². The summed E-state index contributed by atoms with van der Waals surface area (Å²) in [6.07, 6.45) is 0. The molecule has 0 atom stereocenters. The van der Waals surface area contributed by atoms with E-state index < -0.39 is 5.91 Å². The smallest absolute Gasteiger partial charge is 0.257 e. The Morgan fingerprint density at radius 3 is 2.46 bits per heavy atom. The number of anilines is 1. The molecule has 7 heteroatoms. The van der Waals surface area contributed by atoms with E-state index in [0.717, 1.165) is 10.0 Å². The fourth-order valence-corrected chi connectivity index (χ4v) is 2.68. The molecule has 132 valence electrons. The summed E-state index contributed by atoms with van der Waals surface area (Å²) < 4.78 is 6.09. The molecule has 6 nitrogen and oxygen atoms in total. The van der Waals surface area contributed by atoms with Gasteiger partial charge in [0, 0.05) is 15.7 Å². The normalized spacial score (nSPS) is 10.4. The Morgan fingerprint density at radius 2 is 1.77 bits per heavy atom. The van der Waals surface area contributed by atoms with Gasteiger partial charge in [0.1, 0.15) is 17.0 Å². The highest BCUT2D eigenvalue weighted by Gasteiger charge is 2.21. The van der Waals surface area contributed by atoms with Gasteiger partial charge in [0.05, 0.1) is 6.54 Å². The number of halogens is 1. The maximum Gasteiger partial charge on any atom is 0.257 e. The van der Waals surface area contributed by atoms with Crippen LogP contribution in [0.4, 0.5) is 5.69 Å². The van der Waals surface area contributed by atoms with E-state index in [2.05, 4.69) is 31.7 Å². The molecule has 0 aliphatic rings. The molecule has 0 spiro atoms. The summed E-state index contributed by atoms with van der Waals surface area (Å²) in [6.45, 7) is 1.50. The topological polar surface area (TPSA) is 84.2 Å². The maximum atomic E-state index is 12.5. The SMILES string of the molecule is Cc1onc(-c2ccccc2)c1C(=O)NCC(=O)Nc1ccc(Br)cc1. The van der Waals surface area contributed by atoms with Crippen molar-refractivity contribution in [2.75, 3.05) is 11.9 Å². The summed E-state index contributed by atoms with van der Waals surface area (Å²) in [5.41, 5.74) is 2.20. The quantitative estimate of drug-likeness (QED) is 0.666. The van der Waals surface area contributed by atoms with Crippen LogP contribution in [0.5, 0.6) is 0 Å². The van der Waals surface area contributed by atoms with Gasteiger partial charge in [-0.25, -0.2) is 0 Å². The largest absolute Gasteiger partial charge is 0.360 e. The van der Waals surface area contributed by atoms with Gasteiger partial charge in [-0.2, -0.15) is 0 Å². The number of hydrogen-bond donors (Lipinski definition) is 2. The minimum Gasteiger partial charge on any atom is -0.360 e. The molecule has 0 aliphatic carbocycles. The van der Waals surface area contributed by atoms with Crippen molar-refractivity contribution in [2.45, 2.75) is 6.92 Å². The molecule has 2 amide bonds. The lowest BCUT2D eigenvalue weighted by Gasteiger charge is -2.07. The van der Waals surface area contributed by atoms with Gasteiger partial charge < -0.3 is 15.2 Å². The van der Waals surface area contributed by atoms with Gasteiger partial charge >= 0.3 is 0 Å². The van der Waals surface area contributed by atoms with Crippen LogP contribution in [0.1, 0.15) is 16.1 Å². The monoisotopic (exact) mass is 413 g/mol. The molecule has 26 heavy (non-hydrogen) atoms. The van der Waals surface area contributed by atoms with Crippen molar-refractivity contribution >= 4 is 33.4 Å². The molecule has 1 heterocycles. The number of aryl methyl sites for hydroxylation is 1. The third-order valence-corrected chi connectivity index (χ3v) is 4.20. The number of nitrogens with one attached hydrogen (secondary N) is 2. The Kier molecular flexibility index (Phi) is 5.48. The second kappa shape index (κ2) is 7.97. The van der Waals surface area contributed by atoms with Crippen LogP contribution in [0, 0.1) is 6.92 Å². The highest BCUT2D eigenvalue weighted by molar-refractivity contribution is 9.10. The van der Waals surface area contributed by atoms with Crippen LogP contribution in [0.3, 0.4) is 0 Å². The first-order valence-corrected chi connectivity index (χ1v) is 8.69. The minimum atomic E-state index is -0.409. The van der Waals surface area contributed by atoms with E-state index in [1.807, 2.05) is 42.5 Å². The van der Waals surface area contributed by atoms with E-state index in [9.17, 15) is 9.59 Å². The molecule has 0 bridgehead atoms. The highest BCUT2D eigenvalue weighted by atomic mass is 79.9. The number of benzene rings is 2. The van der Waals surface area contributed by atoms with E-state index in [1.54, 1.807) is 19.1 Å². The Bertz CT molecular complexity index is 921. The Hall–Kier alpha value is -2.93. The minimum absolute atomic E-state index is 0.159. The lowest BCUT2D eigenvalue weighted by Crippen LogP contribution is -2.33. The molecule has 2 aromatic carbocycles. The van der Waals surface area contributed by atoms with Crippen molar-refractivity contribution in [2.24, 2.45) is 0 Å². The molecule has 3 rings (SSSR count). The first-order chi connectivity index (χ1) is 12.5. The van der Waals surface area contributed by atoms with Crippen LogP contribution in [0.25, 0.3) is 11.3 Å². The molecule has 0 fully saturated rings. The lowest BCUT2D eigenvalue weighted by molar-refractivity contribution is -0.115. The molecule has 0 aliphatic heterocycles. The summed E-state index contributed by atoms with van der Waals surface area (Å²) in [6, 6.07) is 16.4. The van der Waals surface area contributed by atoms with Gasteiger partial charge in [0.25, 0.3) is 5.91 Å². The number of amides is 2. The number of hydrogen-bond acceptors (Lipinski definition) is 4. The summed E-state index contributed by atoms with van der Waals surface area (Å²) >= 11 is 3.33. The van der Waals surface area contributed by atoms with Crippen LogP contribution < -0.4 is 10.6 Å². The fourth-order valence-electron chi connectivity index (χ4n) is 2.42. The molecule has 2 N–H and O–H groups in total. The van der Waals surface area contributed by atoms with E-state index in [0.29, 0.717) is 22.7 Å². The molecule has 0 saturated heterocycles. The standard InChI is InChI=1S/C19H16BrN3O3/c1-12-17(18(23-26-12)13-5-3-2-4-6-13)19(25)21-11-16(24)22-15-9-7-14(20)8-10-15/h2-10H,11H2,1H3,(H,21,25)(H,22,24). The Morgan fingerprint density at radius 1 is 1.08 bits per heavy atom. The molecule has 1 aromatic heterocycles. The number of carbonyl (C=O) groups is 2. The van der Waals surface area contributed by atoms with Gasteiger partial charge in [0.2, 0.25) is 5.91 Å². The lowest BCUT2D eigenvalue weighted by atomic mass is 10.1. The van der Waals surface area contributed by atoms with E-state index >= 15 is 0 Å². The van der Waals surface area contributed by atoms with Gasteiger partial charge in [-0.05, 0) is 31.2 Å². The number of rotatable bonds is 5. The molecular formula is C19H16BrN3O3. The van der Waals surface area contributed by atoms with Crippen LogP contribution in [-0.2, 0) is 4.79 Å². The third-order valence-electron chi connectivity index (χ3n) is 3.67. The number of carbonyl (C=O) groups excluding carboxylic acids is 2. The summed E-state index contributed by atoms with van der Waals surface area (Å²) in [5.74, 6) is -0.334. The highest BCUT2D eigenvalue weighted by Crippen LogP contribution is 2.24. The van der Waals surface area contributed by atoms with Gasteiger partial charge in [-0.1, -0.05) is 51.4 Å². The van der Waals surface area contributed by atoms with Gasteiger partial charge in [-0.3, -0.25) is 9.59 Å². The number of aromatic nitrogens is 1. The maximum absolute atomic E-state index is 12.5. The second-order valence-electron chi connectivity index (χ2n) is 5.57. The van der Waals surface area contributed by atoms with Crippen LogP contribution >= 0.6 is 15.9 Å². The van der Waals surface area contributed by atoms with Crippen molar-refractivity contribution in [1.29, 1.82) is 0 Å². The number of nitrogens with zero attached hydrogens (tertiary/aromatic N) is 1.